The van der Waals surface area contributed by atoms with Crippen LogP contribution in [0.5, 0.6) is 0 Å². The quantitative estimate of drug-likeness (QED) is 0.328. The van der Waals surface area contributed by atoms with Crippen molar-refractivity contribution in [3.8, 4) is 0 Å². The van der Waals surface area contributed by atoms with Gasteiger partial charge in [-0.25, -0.2) is 4.79 Å². The summed E-state index contributed by atoms with van der Waals surface area (Å²) < 4.78 is 10.0. The molecule has 9 nitrogen and oxygen atoms in total. The molecule has 1 heterocycles. The van der Waals surface area contributed by atoms with Gasteiger partial charge >= 0.3 is 11.9 Å². The monoisotopic (exact) mass is 428 g/mol. The number of benzene rings is 1. The van der Waals surface area contributed by atoms with Crippen molar-refractivity contribution in [1.82, 2.24) is 5.32 Å². The van der Waals surface area contributed by atoms with Crippen LogP contribution in [0.2, 0.25) is 0 Å². The normalized spacial score (nSPS) is 23.1. The molecule has 0 bridgehead atoms. The van der Waals surface area contributed by atoms with E-state index in [1.165, 1.54) is 25.3 Å². The van der Waals surface area contributed by atoms with Crippen molar-refractivity contribution in [2.24, 2.45) is 11.8 Å². The molecule has 1 aliphatic heterocycles. The summed E-state index contributed by atoms with van der Waals surface area (Å²) in [5, 5.41) is 14.9. The van der Waals surface area contributed by atoms with Gasteiger partial charge in [0.05, 0.1) is 30.1 Å². The number of ether oxygens (including phenoxy) is 2. The Hall–Kier alpha value is -3.49. The molecule has 0 spiro atoms. The number of ketones is 1. The molecule has 0 saturated heterocycles. The largest absolute Gasteiger partial charge is 0.468 e. The minimum atomic E-state index is -1.06. The number of rotatable bonds is 5. The van der Waals surface area contributed by atoms with Crippen LogP contribution < -0.4 is 5.32 Å². The van der Waals surface area contributed by atoms with Crippen LogP contribution in [-0.2, 0) is 23.9 Å². The van der Waals surface area contributed by atoms with Crippen LogP contribution in [0.15, 0.2) is 46.8 Å². The maximum Gasteiger partial charge on any atom is 0.336 e. The Morgan fingerprint density at radius 3 is 2.58 bits per heavy atom. The van der Waals surface area contributed by atoms with Crippen LogP contribution in [0.3, 0.4) is 0 Å². The SMILES string of the molecule is CCOC(=O)C1=C(C)NC2=C(C(=O)C(C(=O)OC)C(C)C2)C1c1ccccc1[N+](=O)[O-]. The molecule has 3 rings (SSSR count). The molecule has 3 unspecified atom stereocenters. The molecule has 0 saturated carbocycles. The second-order valence-electron chi connectivity index (χ2n) is 7.57. The van der Waals surface area contributed by atoms with E-state index in [1.807, 2.05) is 0 Å². The molecule has 164 valence electrons. The van der Waals surface area contributed by atoms with E-state index < -0.39 is 34.5 Å². The van der Waals surface area contributed by atoms with E-state index in [1.54, 1.807) is 26.8 Å². The van der Waals surface area contributed by atoms with E-state index in [0.29, 0.717) is 17.8 Å². The Morgan fingerprint density at radius 2 is 1.97 bits per heavy atom. The molecule has 9 heteroatoms. The number of dihydropyridines is 1. The topological polar surface area (TPSA) is 125 Å². The van der Waals surface area contributed by atoms with Crippen LogP contribution in [0.1, 0.15) is 38.7 Å². The maximum atomic E-state index is 13.5. The van der Waals surface area contributed by atoms with Crippen molar-refractivity contribution in [3.05, 3.63) is 62.5 Å². The molecular weight excluding hydrogens is 404 g/mol. The molecule has 2 aliphatic rings. The summed E-state index contributed by atoms with van der Waals surface area (Å²) >= 11 is 0. The van der Waals surface area contributed by atoms with Gasteiger partial charge in [0, 0.05) is 28.6 Å². The zero-order valence-electron chi connectivity index (χ0n) is 17.8. The van der Waals surface area contributed by atoms with Crippen molar-refractivity contribution < 1.29 is 28.8 Å². The van der Waals surface area contributed by atoms with E-state index in [9.17, 15) is 24.5 Å². The van der Waals surface area contributed by atoms with Gasteiger partial charge in [-0.15, -0.1) is 0 Å². The van der Waals surface area contributed by atoms with E-state index in [0.717, 1.165) is 0 Å². The number of hydrogen-bond donors (Lipinski definition) is 1. The summed E-state index contributed by atoms with van der Waals surface area (Å²) in [4.78, 5) is 50.0. The van der Waals surface area contributed by atoms with Crippen molar-refractivity contribution >= 4 is 23.4 Å². The Balaban J connectivity index is 2.27. The summed E-state index contributed by atoms with van der Waals surface area (Å²) in [5.74, 6) is -4.29. The van der Waals surface area contributed by atoms with Crippen LogP contribution >= 0.6 is 0 Å². The summed E-state index contributed by atoms with van der Waals surface area (Å²) in [6.45, 7) is 5.18. The Bertz CT molecular complexity index is 1020. The number of nitro benzene ring substituents is 1. The van der Waals surface area contributed by atoms with Crippen LogP contribution in [0.25, 0.3) is 0 Å². The van der Waals surface area contributed by atoms with Crippen LogP contribution in [0.4, 0.5) is 5.69 Å². The highest BCUT2D eigenvalue weighted by atomic mass is 16.6. The molecular formula is C22H24N2O7. The van der Waals surface area contributed by atoms with E-state index in [4.69, 9.17) is 9.47 Å². The number of nitrogens with one attached hydrogen (secondary N) is 1. The van der Waals surface area contributed by atoms with Gasteiger partial charge in [-0.2, -0.15) is 0 Å². The van der Waals surface area contributed by atoms with Crippen molar-refractivity contribution in [2.45, 2.75) is 33.1 Å². The van der Waals surface area contributed by atoms with Crippen LogP contribution in [0, 0.1) is 22.0 Å². The minimum Gasteiger partial charge on any atom is -0.468 e. The van der Waals surface area contributed by atoms with Gasteiger partial charge in [0.25, 0.3) is 5.69 Å². The number of esters is 2. The lowest BCUT2D eigenvalue weighted by molar-refractivity contribution is -0.385. The Labute approximate surface area is 179 Å². The average molecular weight is 428 g/mol. The van der Waals surface area contributed by atoms with Gasteiger partial charge < -0.3 is 14.8 Å². The highest BCUT2D eigenvalue weighted by Gasteiger charge is 2.48. The molecule has 3 atom stereocenters. The summed E-state index contributed by atoms with van der Waals surface area (Å²) in [6.07, 6.45) is 0.353. The number of allylic oxidation sites excluding steroid dienone is 3. The van der Waals surface area contributed by atoms with Crippen molar-refractivity contribution in [1.29, 1.82) is 0 Å². The fourth-order valence-corrected chi connectivity index (χ4v) is 4.37. The third kappa shape index (κ3) is 3.83. The standard InChI is InChI=1S/C22H24N2O7/c1-5-31-22(27)17-12(3)23-14-10-11(2)16(21(26)30-4)20(25)19(14)18(17)13-8-6-7-9-15(13)24(28)29/h6-9,11,16,18,23H,5,10H2,1-4H3. The van der Waals surface area contributed by atoms with Gasteiger partial charge in [0.15, 0.2) is 5.78 Å². The molecule has 1 aliphatic carbocycles. The molecule has 1 aromatic carbocycles. The van der Waals surface area contributed by atoms with Gasteiger partial charge in [-0.1, -0.05) is 25.1 Å². The highest BCUT2D eigenvalue weighted by Crippen LogP contribution is 2.47. The first-order valence-corrected chi connectivity index (χ1v) is 9.96. The number of para-hydroxylation sites is 1. The second-order valence-corrected chi connectivity index (χ2v) is 7.57. The number of carbonyl (C=O) groups excluding carboxylic acids is 3. The zero-order valence-corrected chi connectivity index (χ0v) is 17.8. The summed E-state index contributed by atoms with van der Waals surface area (Å²) in [7, 11) is 1.21. The minimum absolute atomic E-state index is 0.0981. The number of hydrogen-bond acceptors (Lipinski definition) is 8. The van der Waals surface area contributed by atoms with Gasteiger partial charge in [-0.3, -0.25) is 19.7 Å². The first-order valence-electron chi connectivity index (χ1n) is 9.96. The first kappa shape index (κ1) is 22.2. The predicted octanol–water partition coefficient (Wildman–Crippen LogP) is 2.77. The summed E-state index contributed by atoms with van der Waals surface area (Å²) in [5.41, 5.74) is 1.24. The highest BCUT2D eigenvalue weighted by molar-refractivity contribution is 6.12. The molecule has 1 aromatic rings. The average Bonchev–Trinajstić information content (AvgIpc) is 2.72. The molecule has 0 aromatic heterocycles. The predicted molar refractivity (Wildman–Crippen MR) is 110 cm³/mol. The second kappa shape index (κ2) is 8.71. The van der Waals surface area contributed by atoms with E-state index in [2.05, 4.69) is 5.32 Å². The zero-order chi connectivity index (χ0) is 22.9. The first-order chi connectivity index (χ1) is 14.7. The third-order valence-electron chi connectivity index (χ3n) is 5.68. The number of Topliss-reactive ketones (excluding diaryl/α,β-unsaturated/α-hetero) is 1. The molecule has 1 N–H and O–H groups in total. The van der Waals surface area contributed by atoms with Gasteiger partial charge in [0.2, 0.25) is 0 Å². The number of carbonyl (C=O) groups is 3. The smallest absolute Gasteiger partial charge is 0.336 e. The number of methoxy groups -OCH3 is 1. The Morgan fingerprint density at radius 1 is 1.29 bits per heavy atom. The third-order valence-corrected chi connectivity index (χ3v) is 5.68. The van der Waals surface area contributed by atoms with Crippen molar-refractivity contribution in [3.63, 3.8) is 0 Å². The van der Waals surface area contributed by atoms with Gasteiger partial charge in [0.1, 0.15) is 5.92 Å². The van der Waals surface area contributed by atoms with Gasteiger partial charge in [-0.05, 0) is 26.2 Å². The fraction of sp³-hybridized carbons (Fsp3) is 0.409. The maximum absolute atomic E-state index is 13.5. The lowest BCUT2D eigenvalue weighted by Gasteiger charge is -2.38. The van der Waals surface area contributed by atoms with Crippen molar-refractivity contribution in [2.75, 3.05) is 13.7 Å². The Kier molecular flexibility index (Phi) is 6.24. The lowest BCUT2D eigenvalue weighted by atomic mass is 9.69. The molecule has 0 radical (unpaired) electrons. The molecule has 31 heavy (non-hydrogen) atoms. The summed E-state index contributed by atoms with van der Waals surface area (Å²) in [6, 6.07) is 5.96. The number of nitrogens with zero attached hydrogens (tertiary/aromatic N) is 1. The fourth-order valence-electron chi connectivity index (χ4n) is 4.37. The van der Waals surface area contributed by atoms with Crippen LogP contribution in [-0.4, -0.2) is 36.4 Å². The molecule has 0 amide bonds. The molecule has 0 fully saturated rings. The van der Waals surface area contributed by atoms with E-state index in [-0.39, 0.29) is 34.9 Å². The lowest BCUT2D eigenvalue weighted by Crippen LogP contribution is -2.43. The van der Waals surface area contributed by atoms with E-state index >= 15 is 0 Å². The number of nitro groups is 1.